The number of furan rings is 1. The molecule has 1 N–H and O–H groups in total. The topological polar surface area (TPSA) is 72.1 Å². The molecule has 1 fully saturated rings. The van der Waals surface area contributed by atoms with Gasteiger partial charge in [0, 0.05) is 21.3 Å². The molecule has 1 aliphatic heterocycles. The minimum absolute atomic E-state index is 0.358. The second kappa shape index (κ2) is 7.52. The molecular formula is C25H23BClNO5. The zero-order valence-corrected chi connectivity index (χ0v) is 19.5. The van der Waals surface area contributed by atoms with Gasteiger partial charge in [0.15, 0.2) is 5.58 Å². The molecular weight excluding hydrogens is 441 g/mol. The normalized spacial score (nSPS) is 17.1. The zero-order valence-electron chi connectivity index (χ0n) is 18.8. The van der Waals surface area contributed by atoms with Crippen LogP contribution in [0.2, 0.25) is 5.02 Å². The summed E-state index contributed by atoms with van der Waals surface area (Å²) in [6, 6.07) is 18.0. The van der Waals surface area contributed by atoms with Crippen molar-refractivity contribution in [3.63, 3.8) is 0 Å². The number of carboxylic acid groups (broad SMARTS) is 1. The molecule has 33 heavy (non-hydrogen) atoms. The van der Waals surface area contributed by atoms with Crippen molar-refractivity contribution in [1.82, 2.24) is 0 Å². The van der Waals surface area contributed by atoms with E-state index in [4.69, 9.17) is 25.3 Å². The Hall–Kier alpha value is -3.00. The Labute approximate surface area is 196 Å². The van der Waals surface area contributed by atoms with Crippen molar-refractivity contribution in [2.75, 3.05) is 4.90 Å². The van der Waals surface area contributed by atoms with E-state index in [1.165, 1.54) is 4.90 Å². The summed E-state index contributed by atoms with van der Waals surface area (Å²) in [6.07, 6.45) is -1.16. The highest BCUT2D eigenvalue weighted by Crippen LogP contribution is 2.41. The maximum atomic E-state index is 12.6. The fraction of sp³-hybridized carbons (Fsp3) is 0.240. The molecule has 168 valence electrons. The van der Waals surface area contributed by atoms with Crippen LogP contribution in [0.4, 0.5) is 16.2 Å². The Morgan fingerprint density at radius 3 is 2.18 bits per heavy atom. The summed E-state index contributed by atoms with van der Waals surface area (Å²) in [4.78, 5) is 13.8. The van der Waals surface area contributed by atoms with Gasteiger partial charge in [-0.3, -0.25) is 0 Å². The molecule has 6 nitrogen and oxygen atoms in total. The lowest BCUT2D eigenvalue weighted by Gasteiger charge is -2.32. The number of fused-ring (bicyclic) bond motifs is 3. The fourth-order valence-corrected chi connectivity index (χ4v) is 4.23. The molecule has 4 aromatic rings. The molecule has 0 radical (unpaired) electrons. The van der Waals surface area contributed by atoms with Crippen LogP contribution in [0.25, 0.3) is 21.9 Å². The molecule has 0 spiro atoms. The van der Waals surface area contributed by atoms with Gasteiger partial charge in [-0.2, -0.15) is 0 Å². The molecule has 5 rings (SSSR count). The summed E-state index contributed by atoms with van der Waals surface area (Å²) >= 11 is 6.06. The molecule has 1 amide bonds. The van der Waals surface area contributed by atoms with Crippen molar-refractivity contribution in [2.24, 2.45) is 0 Å². The van der Waals surface area contributed by atoms with Crippen LogP contribution < -0.4 is 10.4 Å². The van der Waals surface area contributed by atoms with Crippen LogP contribution in [0.3, 0.4) is 0 Å². The fourth-order valence-electron chi connectivity index (χ4n) is 4.11. The van der Waals surface area contributed by atoms with Crippen molar-refractivity contribution in [1.29, 1.82) is 0 Å². The third-order valence-corrected chi connectivity index (χ3v) is 6.81. The first-order valence-corrected chi connectivity index (χ1v) is 11.1. The van der Waals surface area contributed by atoms with Crippen LogP contribution in [-0.2, 0) is 9.31 Å². The SMILES string of the molecule is CC1(C)OB(c2ccc3c(oc4ccccc43)c2N(C(=O)O)c2ccc(Cl)cc2)OC1(C)C. The monoisotopic (exact) mass is 463 g/mol. The Bertz CT molecular complexity index is 1360. The molecule has 8 heteroatoms. The summed E-state index contributed by atoms with van der Waals surface area (Å²) in [6.45, 7) is 7.84. The molecule has 1 aromatic heterocycles. The standard InChI is InChI=1S/C25H23BClNO5/c1-24(2)25(3,4)33-26(32-24)19-14-13-18-17-7-5-6-8-20(17)31-22(18)21(19)28(23(29)30)16-11-9-15(27)10-12-16/h5-14H,1-4H3,(H,29,30). The van der Waals surface area contributed by atoms with Gasteiger partial charge in [0.1, 0.15) is 5.58 Å². The number of carbonyl (C=O) groups is 1. The maximum Gasteiger partial charge on any atom is 0.497 e. The van der Waals surface area contributed by atoms with Gasteiger partial charge in [0.2, 0.25) is 0 Å². The van der Waals surface area contributed by atoms with E-state index in [-0.39, 0.29) is 0 Å². The second-order valence-corrected chi connectivity index (χ2v) is 9.60. The summed E-state index contributed by atoms with van der Waals surface area (Å²) in [7, 11) is -0.781. The average molecular weight is 464 g/mol. The van der Waals surface area contributed by atoms with Gasteiger partial charge in [-0.1, -0.05) is 41.9 Å². The predicted molar refractivity (Wildman–Crippen MR) is 131 cm³/mol. The van der Waals surface area contributed by atoms with Gasteiger partial charge in [-0.05, 0) is 58.0 Å². The largest absolute Gasteiger partial charge is 0.497 e. The van der Waals surface area contributed by atoms with Gasteiger partial charge in [-0.25, -0.2) is 9.69 Å². The molecule has 0 atom stereocenters. The van der Waals surface area contributed by atoms with Gasteiger partial charge in [-0.15, -0.1) is 0 Å². The Kier molecular flexibility index (Phi) is 4.97. The van der Waals surface area contributed by atoms with E-state index < -0.39 is 24.4 Å². The van der Waals surface area contributed by atoms with E-state index in [9.17, 15) is 9.90 Å². The van der Waals surface area contributed by atoms with Gasteiger partial charge >= 0.3 is 13.2 Å². The van der Waals surface area contributed by atoms with Gasteiger partial charge in [0.25, 0.3) is 0 Å². The molecule has 1 saturated heterocycles. The molecule has 1 aliphatic rings. The van der Waals surface area contributed by atoms with Crippen molar-refractivity contribution in [3.8, 4) is 0 Å². The average Bonchev–Trinajstić information content (AvgIpc) is 3.23. The Morgan fingerprint density at radius 1 is 0.909 bits per heavy atom. The van der Waals surface area contributed by atoms with Crippen LogP contribution in [0.15, 0.2) is 65.1 Å². The number of anilines is 2. The Balaban J connectivity index is 1.81. The number of amides is 1. The molecule has 0 bridgehead atoms. The summed E-state index contributed by atoms with van der Waals surface area (Å²) < 4.78 is 18.8. The van der Waals surface area contributed by atoms with E-state index in [1.807, 2.05) is 64.1 Å². The predicted octanol–water partition coefficient (Wildman–Crippen LogP) is 6.35. The number of para-hydroxylation sites is 1. The van der Waals surface area contributed by atoms with Crippen molar-refractivity contribution in [2.45, 2.75) is 38.9 Å². The zero-order chi connectivity index (χ0) is 23.5. The smallest absolute Gasteiger partial charge is 0.464 e. The van der Waals surface area contributed by atoms with E-state index in [1.54, 1.807) is 24.3 Å². The van der Waals surface area contributed by atoms with Crippen molar-refractivity contribution in [3.05, 3.63) is 65.7 Å². The van der Waals surface area contributed by atoms with Gasteiger partial charge < -0.3 is 18.8 Å². The first kappa shape index (κ1) is 21.8. The molecule has 0 saturated carbocycles. The van der Waals surface area contributed by atoms with E-state index in [2.05, 4.69) is 0 Å². The molecule has 3 aromatic carbocycles. The maximum absolute atomic E-state index is 12.6. The highest BCUT2D eigenvalue weighted by molar-refractivity contribution is 6.65. The second-order valence-electron chi connectivity index (χ2n) is 9.16. The lowest BCUT2D eigenvalue weighted by Crippen LogP contribution is -2.41. The van der Waals surface area contributed by atoms with Crippen LogP contribution in [0, 0.1) is 0 Å². The molecule has 0 unspecified atom stereocenters. The summed E-state index contributed by atoms with van der Waals surface area (Å²) in [5.41, 5.74) is 1.28. The van der Waals surface area contributed by atoms with Crippen LogP contribution in [0.5, 0.6) is 0 Å². The van der Waals surface area contributed by atoms with Crippen LogP contribution in [-0.4, -0.2) is 29.5 Å². The van der Waals surface area contributed by atoms with Crippen LogP contribution in [0.1, 0.15) is 27.7 Å². The number of halogens is 1. The number of benzene rings is 3. The minimum Gasteiger partial charge on any atom is -0.464 e. The van der Waals surface area contributed by atoms with E-state index >= 15 is 0 Å². The van der Waals surface area contributed by atoms with E-state index in [0.717, 1.165) is 10.8 Å². The summed E-state index contributed by atoms with van der Waals surface area (Å²) in [5.74, 6) is 0. The lowest BCUT2D eigenvalue weighted by atomic mass is 9.77. The number of hydrogen-bond acceptors (Lipinski definition) is 4. The first-order valence-electron chi connectivity index (χ1n) is 10.7. The third kappa shape index (κ3) is 3.48. The van der Waals surface area contributed by atoms with Gasteiger partial charge in [0.05, 0.1) is 22.6 Å². The first-order chi connectivity index (χ1) is 15.6. The third-order valence-electron chi connectivity index (χ3n) is 6.56. The van der Waals surface area contributed by atoms with Crippen LogP contribution >= 0.6 is 11.6 Å². The molecule has 0 aliphatic carbocycles. The molecule has 2 heterocycles. The highest BCUT2D eigenvalue weighted by atomic mass is 35.5. The lowest BCUT2D eigenvalue weighted by molar-refractivity contribution is 0.00578. The number of rotatable bonds is 3. The summed E-state index contributed by atoms with van der Waals surface area (Å²) in [5, 5.41) is 12.5. The Morgan fingerprint density at radius 2 is 1.55 bits per heavy atom. The van der Waals surface area contributed by atoms with Crippen molar-refractivity contribution < 1.29 is 23.6 Å². The minimum atomic E-state index is -1.16. The quantitative estimate of drug-likeness (QED) is 0.358. The van der Waals surface area contributed by atoms with Crippen molar-refractivity contribution >= 4 is 63.6 Å². The number of hydrogen-bond donors (Lipinski definition) is 1. The van der Waals surface area contributed by atoms with E-state index in [0.29, 0.717) is 33.0 Å². The number of nitrogens with zero attached hydrogens (tertiary/aromatic N) is 1. The highest BCUT2D eigenvalue weighted by Gasteiger charge is 2.53.